The highest BCUT2D eigenvalue weighted by Gasteiger charge is 2.16. The van der Waals surface area contributed by atoms with E-state index in [1.807, 2.05) is 0 Å². The van der Waals surface area contributed by atoms with Gasteiger partial charge in [0.25, 0.3) is 6.43 Å². The number of carbonyl (C=O) groups is 1. The number of benzene rings is 1. The zero-order valence-electron chi connectivity index (χ0n) is 11.3. The molecule has 0 spiro atoms. The molecule has 0 saturated carbocycles. The molecule has 0 radical (unpaired) electrons. The van der Waals surface area contributed by atoms with Crippen molar-refractivity contribution in [2.45, 2.75) is 6.43 Å². The van der Waals surface area contributed by atoms with E-state index in [1.54, 1.807) is 24.3 Å². The second-order valence-electron chi connectivity index (χ2n) is 4.31. The van der Waals surface area contributed by atoms with Crippen molar-refractivity contribution < 1.29 is 18.7 Å². The Morgan fingerprint density at radius 1 is 1.43 bits per heavy atom. The van der Waals surface area contributed by atoms with Gasteiger partial charge in [-0.25, -0.2) is 8.78 Å². The van der Waals surface area contributed by atoms with Gasteiger partial charge in [0.05, 0.1) is 25.4 Å². The van der Waals surface area contributed by atoms with Gasteiger partial charge in [-0.15, -0.1) is 0 Å². The van der Waals surface area contributed by atoms with Crippen LogP contribution in [-0.4, -0.2) is 53.6 Å². The number of nitrogens with two attached hydrogens (primary N) is 1. The predicted molar refractivity (Wildman–Crippen MR) is 80.5 cm³/mol. The fourth-order valence-electron chi connectivity index (χ4n) is 1.77. The zero-order chi connectivity index (χ0) is 15.8. The Kier molecular flexibility index (Phi) is 7.13. The molecule has 1 rings (SSSR count). The third-order valence-electron chi connectivity index (χ3n) is 2.65. The number of hydrogen-bond donors (Lipinski definition) is 3. The van der Waals surface area contributed by atoms with Crippen molar-refractivity contribution in [2.24, 2.45) is 5.73 Å². The Hall–Kier alpha value is -1.64. The summed E-state index contributed by atoms with van der Waals surface area (Å²) in [6.45, 7) is -1.14. The van der Waals surface area contributed by atoms with Gasteiger partial charge in [0.1, 0.15) is 4.99 Å². The summed E-state index contributed by atoms with van der Waals surface area (Å²) in [4.78, 5) is 13.2. The van der Waals surface area contributed by atoms with Crippen molar-refractivity contribution in [1.82, 2.24) is 4.90 Å². The highest BCUT2D eigenvalue weighted by atomic mass is 32.1. The summed E-state index contributed by atoms with van der Waals surface area (Å²) in [6, 6.07) is 6.69. The highest BCUT2D eigenvalue weighted by molar-refractivity contribution is 7.80. The number of nitrogens with one attached hydrogen (secondary N) is 1. The number of aliphatic hydroxyl groups is 1. The lowest BCUT2D eigenvalue weighted by Crippen LogP contribution is -2.38. The van der Waals surface area contributed by atoms with Crippen LogP contribution in [0.1, 0.15) is 5.56 Å². The molecule has 0 saturated heterocycles. The van der Waals surface area contributed by atoms with E-state index in [-0.39, 0.29) is 24.7 Å². The SMILES string of the molecule is NC(=S)c1ccccc1NC(=O)CN(CCO)CC(F)F. The van der Waals surface area contributed by atoms with Crippen LogP contribution in [0.3, 0.4) is 0 Å². The van der Waals surface area contributed by atoms with Crippen molar-refractivity contribution in [3.63, 3.8) is 0 Å². The number of aliphatic hydroxyl groups excluding tert-OH is 1. The van der Waals surface area contributed by atoms with Crippen molar-refractivity contribution >= 4 is 28.8 Å². The van der Waals surface area contributed by atoms with Crippen LogP contribution < -0.4 is 11.1 Å². The molecule has 0 fully saturated rings. The minimum absolute atomic E-state index is 0.00525. The third kappa shape index (κ3) is 6.11. The van der Waals surface area contributed by atoms with Crippen molar-refractivity contribution in [2.75, 3.05) is 31.6 Å². The van der Waals surface area contributed by atoms with Gasteiger partial charge in [-0.1, -0.05) is 24.4 Å². The van der Waals surface area contributed by atoms with Crippen LogP contribution in [0, 0.1) is 0 Å². The molecule has 1 aromatic rings. The second-order valence-corrected chi connectivity index (χ2v) is 4.75. The van der Waals surface area contributed by atoms with Crippen LogP contribution in [-0.2, 0) is 4.79 Å². The van der Waals surface area contributed by atoms with E-state index < -0.39 is 18.9 Å². The van der Waals surface area contributed by atoms with Crippen LogP contribution in [0.5, 0.6) is 0 Å². The number of anilines is 1. The van der Waals surface area contributed by atoms with Gasteiger partial charge in [-0.2, -0.15) is 0 Å². The zero-order valence-corrected chi connectivity index (χ0v) is 12.1. The molecular weight excluding hydrogens is 300 g/mol. The summed E-state index contributed by atoms with van der Waals surface area (Å²) in [7, 11) is 0. The molecule has 0 aliphatic carbocycles. The Morgan fingerprint density at radius 3 is 2.67 bits per heavy atom. The molecule has 0 heterocycles. The highest BCUT2D eigenvalue weighted by Crippen LogP contribution is 2.14. The Morgan fingerprint density at radius 2 is 2.10 bits per heavy atom. The second kappa shape index (κ2) is 8.60. The number of rotatable bonds is 8. The molecule has 0 atom stereocenters. The van der Waals surface area contributed by atoms with Crippen LogP contribution in [0.4, 0.5) is 14.5 Å². The Labute approximate surface area is 126 Å². The van der Waals surface area contributed by atoms with Gasteiger partial charge in [-0.05, 0) is 12.1 Å². The van der Waals surface area contributed by atoms with Crippen LogP contribution in [0.2, 0.25) is 0 Å². The number of para-hydroxylation sites is 1. The minimum atomic E-state index is -2.58. The summed E-state index contributed by atoms with van der Waals surface area (Å²) < 4.78 is 24.7. The lowest BCUT2D eigenvalue weighted by Gasteiger charge is -2.20. The fraction of sp³-hybridized carbons (Fsp3) is 0.385. The average Bonchev–Trinajstić information content (AvgIpc) is 2.38. The maximum Gasteiger partial charge on any atom is 0.251 e. The van der Waals surface area contributed by atoms with Crippen molar-refractivity contribution in [1.29, 1.82) is 0 Å². The normalized spacial score (nSPS) is 10.9. The molecule has 1 amide bonds. The molecule has 0 aromatic heterocycles. The molecule has 0 aliphatic heterocycles. The van der Waals surface area contributed by atoms with Gasteiger partial charge >= 0.3 is 0 Å². The molecular formula is C13H17F2N3O2S. The van der Waals surface area contributed by atoms with E-state index in [2.05, 4.69) is 5.32 Å². The summed E-state index contributed by atoms with van der Waals surface area (Å²) in [5, 5.41) is 11.4. The largest absolute Gasteiger partial charge is 0.395 e. The molecule has 0 aliphatic rings. The number of nitrogens with zero attached hydrogens (tertiary/aromatic N) is 1. The van der Waals surface area contributed by atoms with E-state index in [9.17, 15) is 13.6 Å². The molecule has 8 heteroatoms. The first-order valence-electron chi connectivity index (χ1n) is 6.24. The first-order chi connectivity index (χ1) is 9.93. The maximum absolute atomic E-state index is 12.4. The lowest BCUT2D eigenvalue weighted by atomic mass is 10.2. The third-order valence-corrected chi connectivity index (χ3v) is 2.87. The van der Waals surface area contributed by atoms with Crippen LogP contribution in [0.15, 0.2) is 24.3 Å². The molecule has 21 heavy (non-hydrogen) atoms. The summed E-state index contributed by atoms with van der Waals surface area (Å²) in [6.07, 6.45) is -2.58. The minimum Gasteiger partial charge on any atom is -0.395 e. The standard InChI is InChI=1S/C13H17F2N3O2S/c14-11(15)7-18(5-6-19)8-12(20)17-10-4-2-1-3-9(10)13(16)21/h1-4,11,19H,5-8H2,(H2,16,21)(H,17,20). The molecule has 116 valence electrons. The van der Waals surface area contributed by atoms with Crippen molar-refractivity contribution in [3.05, 3.63) is 29.8 Å². The summed E-state index contributed by atoms with van der Waals surface area (Å²) in [5.74, 6) is -0.479. The number of thiocarbonyl (C=S) groups is 1. The quantitative estimate of drug-likeness (QED) is 0.619. The molecule has 0 bridgehead atoms. The Balaban J connectivity index is 2.70. The smallest absolute Gasteiger partial charge is 0.251 e. The number of hydrogen-bond acceptors (Lipinski definition) is 4. The monoisotopic (exact) mass is 317 g/mol. The number of halogens is 2. The number of amides is 1. The lowest BCUT2D eigenvalue weighted by molar-refractivity contribution is -0.117. The van der Waals surface area contributed by atoms with E-state index in [4.69, 9.17) is 23.1 Å². The van der Waals surface area contributed by atoms with Gasteiger partial charge < -0.3 is 16.2 Å². The van der Waals surface area contributed by atoms with Gasteiger partial charge in [-0.3, -0.25) is 9.69 Å². The average molecular weight is 317 g/mol. The van der Waals surface area contributed by atoms with Gasteiger partial charge in [0.15, 0.2) is 0 Å². The van der Waals surface area contributed by atoms with Gasteiger partial charge in [0.2, 0.25) is 5.91 Å². The van der Waals surface area contributed by atoms with E-state index >= 15 is 0 Å². The Bertz CT molecular complexity index is 500. The van der Waals surface area contributed by atoms with Gasteiger partial charge in [0, 0.05) is 12.1 Å². The van der Waals surface area contributed by atoms with Crippen molar-refractivity contribution in [3.8, 4) is 0 Å². The van der Waals surface area contributed by atoms with E-state index in [0.29, 0.717) is 11.3 Å². The first kappa shape index (κ1) is 17.4. The summed E-state index contributed by atoms with van der Waals surface area (Å²) in [5.41, 5.74) is 6.47. The fourth-order valence-corrected chi connectivity index (χ4v) is 1.95. The predicted octanol–water partition coefficient (Wildman–Crippen LogP) is 0.819. The van der Waals surface area contributed by atoms with E-state index in [1.165, 1.54) is 4.90 Å². The van der Waals surface area contributed by atoms with Crippen LogP contribution in [0.25, 0.3) is 0 Å². The van der Waals surface area contributed by atoms with Crippen LogP contribution >= 0.6 is 12.2 Å². The number of carbonyl (C=O) groups excluding carboxylic acids is 1. The molecule has 1 aromatic carbocycles. The molecule has 5 nitrogen and oxygen atoms in total. The summed E-state index contributed by atoms with van der Waals surface area (Å²) >= 11 is 4.87. The molecule has 4 N–H and O–H groups in total. The van der Waals surface area contributed by atoms with E-state index in [0.717, 1.165) is 0 Å². The number of alkyl halides is 2. The topological polar surface area (TPSA) is 78.6 Å². The first-order valence-corrected chi connectivity index (χ1v) is 6.65. The molecule has 0 unspecified atom stereocenters. The maximum atomic E-state index is 12.4.